The summed E-state index contributed by atoms with van der Waals surface area (Å²) in [6.07, 6.45) is 6.05. The predicted octanol–water partition coefficient (Wildman–Crippen LogP) is 2.85. The first-order valence-corrected chi connectivity index (χ1v) is 8.13. The SMILES string of the molecule is O=C(O)C1CNC(c2ccc3c(c2)OC2(CCCCC2)O3)C1. The minimum absolute atomic E-state index is 0.0814. The summed E-state index contributed by atoms with van der Waals surface area (Å²) in [6.45, 7) is 0.526. The first-order chi connectivity index (χ1) is 10.7. The maximum absolute atomic E-state index is 11.1. The van der Waals surface area contributed by atoms with Crippen LogP contribution in [0.25, 0.3) is 0 Å². The Balaban J connectivity index is 1.52. The van der Waals surface area contributed by atoms with Crippen LogP contribution in [0.4, 0.5) is 0 Å². The topological polar surface area (TPSA) is 67.8 Å². The number of aliphatic carboxylic acids is 1. The number of carbonyl (C=O) groups is 1. The van der Waals surface area contributed by atoms with Crippen LogP contribution >= 0.6 is 0 Å². The van der Waals surface area contributed by atoms with Crippen LogP contribution in [-0.4, -0.2) is 23.4 Å². The van der Waals surface area contributed by atoms with Crippen LogP contribution in [0.3, 0.4) is 0 Å². The maximum atomic E-state index is 11.1. The molecular formula is C17H21NO4. The second-order valence-corrected chi connectivity index (χ2v) is 6.61. The van der Waals surface area contributed by atoms with Crippen LogP contribution in [0.15, 0.2) is 18.2 Å². The number of hydrogen-bond acceptors (Lipinski definition) is 4. The lowest BCUT2D eigenvalue weighted by molar-refractivity contribution is -0.141. The third-order valence-electron chi connectivity index (χ3n) is 5.06. The van der Waals surface area contributed by atoms with Crippen molar-refractivity contribution in [1.82, 2.24) is 5.32 Å². The molecule has 1 aromatic carbocycles. The van der Waals surface area contributed by atoms with E-state index in [9.17, 15) is 4.79 Å². The molecule has 1 aromatic rings. The number of ether oxygens (including phenoxy) is 2. The summed E-state index contributed by atoms with van der Waals surface area (Å²) >= 11 is 0. The number of carboxylic acids is 1. The van der Waals surface area contributed by atoms with Crippen LogP contribution in [0.2, 0.25) is 0 Å². The van der Waals surface area contributed by atoms with Crippen molar-refractivity contribution in [3.05, 3.63) is 23.8 Å². The van der Waals surface area contributed by atoms with Gasteiger partial charge in [0, 0.05) is 25.4 Å². The number of nitrogens with one attached hydrogen (secondary N) is 1. The highest BCUT2D eigenvalue weighted by atomic mass is 16.7. The highest BCUT2D eigenvalue weighted by molar-refractivity contribution is 5.70. The Morgan fingerprint density at radius 1 is 1.18 bits per heavy atom. The molecule has 2 N–H and O–H groups in total. The number of carboxylic acid groups (broad SMARTS) is 1. The molecule has 1 saturated heterocycles. The molecule has 118 valence electrons. The minimum Gasteiger partial charge on any atom is -0.481 e. The Morgan fingerprint density at radius 2 is 1.95 bits per heavy atom. The second-order valence-electron chi connectivity index (χ2n) is 6.61. The van der Waals surface area contributed by atoms with Gasteiger partial charge in [-0.1, -0.05) is 12.5 Å². The van der Waals surface area contributed by atoms with Gasteiger partial charge in [0.2, 0.25) is 0 Å². The molecule has 22 heavy (non-hydrogen) atoms. The fourth-order valence-electron chi connectivity index (χ4n) is 3.80. The quantitative estimate of drug-likeness (QED) is 0.879. The van der Waals surface area contributed by atoms with Crippen LogP contribution < -0.4 is 14.8 Å². The van der Waals surface area contributed by atoms with Gasteiger partial charge in [0.15, 0.2) is 11.5 Å². The monoisotopic (exact) mass is 303 g/mol. The van der Waals surface area contributed by atoms with Gasteiger partial charge in [0.1, 0.15) is 0 Å². The van der Waals surface area contributed by atoms with E-state index in [0.717, 1.165) is 42.7 Å². The molecule has 0 bridgehead atoms. The first kappa shape index (κ1) is 13.9. The lowest BCUT2D eigenvalue weighted by Crippen LogP contribution is -2.40. The first-order valence-electron chi connectivity index (χ1n) is 8.13. The third-order valence-corrected chi connectivity index (χ3v) is 5.06. The number of fused-ring (bicyclic) bond motifs is 1. The van der Waals surface area contributed by atoms with Crippen LogP contribution in [0.5, 0.6) is 11.5 Å². The summed E-state index contributed by atoms with van der Waals surface area (Å²) in [7, 11) is 0. The summed E-state index contributed by atoms with van der Waals surface area (Å²) in [5.74, 6) is 0.141. The Kier molecular flexibility index (Phi) is 3.26. The molecule has 2 atom stereocenters. The van der Waals surface area contributed by atoms with Gasteiger partial charge in [-0.2, -0.15) is 0 Å². The predicted molar refractivity (Wildman–Crippen MR) is 80.0 cm³/mol. The standard InChI is InChI=1S/C17H21NO4/c19-16(20)12-8-13(18-10-12)11-4-5-14-15(9-11)22-17(21-14)6-2-1-3-7-17/h4-5,9,12-13,18H,1-3,6-8,10H2,(H,19,20). The van der Waals surface area contributed by atoms with Gasteiger partial charge in [0.25, 0.3) is 5.79 Å². The van der Waals surface area contributed by atoms with Crippen molar-refractivity contribution >= 4 is 5.97 Å². The highest BCUT2D eigenvalue weighted by Gasteiger charge is 2.42. The van der Waals surface area contributed by atoms with E-state index in [4.69, 9.17) is 14.6 Å². The zero-order valence-corrected chi connectivity index (χ0v) is 12.5. The fraction of sp³-hybridized carbons (Fsp3) is 0.588. The molecule has 1 saturated carbocycles. The van der Waals surface area contributed by atoms with Gasteiger partial charge in [0.05, 0.1) is 5.92 Å². The molecule has 5 heteroatoms. The number of rotatable bonds is 2. The molecule has 4 rings (SSSR count). The summed E-state index contributed by atoms with van der Waals surface area (Å²) < 4.78 is 12.2. The largest absolute Gasteiger partial charge is 0.481 e. The van der Waals surface area contributed by atoms with Crippen molar-refractivity contribution in [3.8, 4) is 11.5 Å². The lowest BCUT2D eigenvalue weighted by atomic mass is 9.94. The van der Waals surface area contributed by atoms with Gasteiger partial charge in [-0.15, -0.1) is 0 Å². The van der Waals surface area contributed by atoms with E-state index >= 15 is 0 Å². The molecular weight excluding hydrogens is 282 g/mol. The van der Waals surface area contributed by atoms with Crippen molar-refractivity contribution in [3.63, 3.8) is 0 Å². The van der Waals surface area contributed by atoms with E-state index in [1.807, 2.05) is 18.2 Å². The van der Waals surface area contributed by atoms with E-state index in [1.54, 1.807) is 0 Å². The number of benzene rings is 1. The summed E-state index contributed by atoms with van der Waals surface area (Å²) in [6, 6.07) is 6.08. The average molecular weight is 303 g/mol. The van der Waals surface area contributed by atoms with Crippen molar-refractivity contribution in [2.75, 3.05) is 6.54 Å². The number of hydrogen-bond donors (Lipinski definition) is 2. The molecule has 0 aromatic heterocycles. The van der Waals surface area contributed by atoms with Crippen molar-refractivity contribution in [2.45, 2.75) is 50.4 Å². The van der Waals surface area contributed by atoms with E-state index < -0.39 is 11.8 Å². The fourth-order valence-corrected chi connectivity index (χ4v) is 3.80. The Bertz CT molecular complexity index is 594. The van der Waals surface area contributed by atoms with Crippen molar-refractivity contribution in [1.29, 1.82) is 0 Å². The molecule has 5 nitrogen and oxygen atoms in total. The normalized spacial score (nSPS) is 28.9. The third kappa shape index (κ3) is 2.33. The zero-order valence-electron chi connectivity index (χ0n) is 12.5. The Morgan fingerprint density at radius 3 is 2.68 bits per heavy atom. The molecule has 2 unspecified atom stereocenters. The molecule has 2 fully saturated rings. The minimum atomic E-state index is -0.725. The van der Waals surface area contributed by atoms with Gasteiger partial charge >= 0.3 is 5.97 Å². The zero-order chi connectivity index (χ0) is 15.2. The summed E-state index contributed by atoms with van der Waals surface area (Å²) in [5.41, 5.74) is 1.08. The second kappa shape index (κ2) is 5.16. The molecule has 2 aliphatic heterocycles. The maximum Gasteiger partial charge on any atom is 0.307 e. The molecule has 1 aliphatic carbocycles. The van der Waals surface area contributed by atoms with E-state index in [1.165, 1.54) is 6.42 Å². The van der Waals surface area contributed by atoms with Crippen LogP contribution in [0.1, 0.15) is 50.1 Å². The molecule has 1 spiro atoms. The lowest BCUT2D eigenvalue weighted by Gasteiger charge is -2.31. The molecule has 0 amide bonds. The van der Waals surface area contributed by atoms with Gasteiger partial charge < -0.3 is 19.9 Å². The van der Waals surface area contributed by atoms with Crippen molar-refractivity contribution in [2.24, 2.45) is 5.92 Å². The molecule has 0 radical (unpaired) electrons. The van der Waals surface area contributed by atoms with Crippen LogP contribution in [-0.2, 0) is 4.79 Å². The Labute approximate surface area is 129 Å². The van der Waals surface area contributed by atoms with Crippen LogP contribution in [0, 0.1) is 5.92 Å². The van der Waals surface area contributed by atoms with E-state index in [2.05, 4.69) is 5.32 Å². The molecule has 2 heterocycles. The highest BCUT2D eigenvalue weighted by Crippen LogP contribution is 2.46. The average Bonchev–Trinajstić information content (AvgIpc) is 3.11. The molecule has 3 aliphatic rings. The van der Waals surface area contributed by atoms with Gasteiger partial charge in [-0.3, -0.25) is 4.79 Å². The summed E-state index contributed by atoms with van der Waals surface area (Å²) in [4.78, 5) is 11.1. The van der Waals surface area contributed by atoms with E-state index in [0.29, 0.717) is 13.0 Å². The summed E-state index contributed by atoms with van der Waals surface area (Å²) in [5, 5.41) is 12.4. The Hall–Kier alpha value is -1.75. The van der Waals surface area contributed by atoms with E-state index in [-0.39, 0.29) is 12.0 Å². The van der Waals surface area contributed by atoms with Gasteiger partial charge in [-0.05, 0) is 37.0 Å². The van der Waals surface area contributed by atoms with Crippen molar-refractivity contribution < 1.29 is 19.4 Å². The smallest absolute Gasteiger partial charge is 0.307 e. The van der Waals surface area contributed by atoms with Gasteiger partial charge in [-0.25, -0.2) is 0 Å².